The first kappa shape index (κ1) is 22.3. The van der Waals surface area contributed by atoms with Crippen LogP contribution < -0.4 is 15.1 Å². The van der Waals surface area contributed by atoms with Crippen LogP contribution in [0.3, 0.4) is 0 Å². The molecule has 2 aromatic heterocycles. The van der Waals surface area contributed by atoms with Crippen LogP contribution in [-0.4, -0.2) is 73.3 Å². The first-order valence-corrected chi connectivity index (χ1v) is 13.0. The average molecular weight is 512 g/mol. The largest absolute Gasteiger partial charge is 0.394 e. The van der Waals surface area contributed by atoms with Gasteiger partial charge in [-0.15, -0.1) is 0 Å². The maximum absolute atomic E-state index is 14.7. The molecule has 3 atom stereocenters. The van der Waals surface area contributed by atoms with Crippen LogP contribution in [-0.2, 0) is 16.7 Å². The summed E-state index contributed by atoms with van der Waals surface area (Å²) < 4.78 is 42.0. The van der Waals surface area contributed by atoms with Crippen LogP contribution in [0.15, 0.2) is 17.3 Å². The topological polar surface area (TPSA) is 107 Å². The summed E-state index contributed by atoms with van der Waals surface area (Å²) in [5.41, 5.74) is -1.07. The molecule has 0 amide bonds. The zero-order valence-electron chi connectivity index (χ0n) is 18.3. The van der Waals surface area contributed by atoms with Gasteiger partial charge in [-0.3, -0.25) is 4.21 Å². The Hall–Kier alpha value is -2.18. The van der Waals surface area contributed by atoms with E-state index in [9.17, 15) is 18.1 Å². The smallest absolute Gasteiger partial charge is 0.302 e. The molecule has 9 nitrogen and oxygen atoms in total. The van der Waals surface area contributed by atoms with Gasteiger partial charge >= 0.3 is 5.92 Å². The number of aromatic nitrogens is 4. The Morgan fingerprint density at radius 2 is 1.71 bits per heavy atom. The number of nitrogens with zero attached hydrogens (tertiary/aromatic N) is 6. The van der Waals surface area contributed by atoms with Gasteiger partial charge in [-0.2, -0.15) is 13.8 Å². The highest BCUT2D eigenvalue weighted by Gasteiger charge is 2.50. The number of anilines is 3. The van der Waals surface area contributed by atoms with E-state index in [4.69, 9.17) is 11.6 Å². The Bertz CT molecular complexity index is 1130. The van der Waals surface area contributed by atoms with Crippen molar-refractivity contribution in [2.75, 3.05) is 53.7 Å². The van der Waals surface area contributed by atoms with Gasteiger partial charge in [-0.25, -0.2) is 15.0 Å². The van der Waals surface area contributed by atoms with E-state index >= 15 is 0 Å². The number of fused-ring (bicyclic) bond motifs is 2. The van der Waals surface area contributed by atoms with Crippen molar-refractivity contribution in [3.8, 4) is 0 Å². The molecule has 3 fully saturated rings. The summed E-state index contributed by atoms with van der Waals surface area (Å²) in [6.07, 6.45) is 5.48. The van der Waals surface area contributed by atoms with Crippen molar-refractivity contribution in [2.24, 2.45) is 11.8 Å². The molecule has 13 heteroatoms. The third kappa shape index (κ3) is 3.61. The van der Waals surface area contributed by atoms with Gasteiger partial charge in [0.2, 0.25) is 11.9 Å². The molecule has 3 aliphatic heterocycles. The Kier molecular flexibility index (Phi) is 5.19. The van der Waals surface area contributed by atoms with Crippen molar-refractivity contribution in [1.82, 2.24) is 19.9 Å². The van der Waals surface area contributed by atoms with Crippen LogP contribution in [0.5, 0.6) is 0 Å². The number of aliphatic hydroxyl groups is 1. The van der Waals surface area contributed by atoms with Gasteiger partial charge in [0, 0.05) is 38.0 Å². The second-order valence-electron chi connectivity index (χ2n) is 9.69. The van der Waals surface area contributed by atoms with Gasteiger partial charge in [-0.1, -0.05) is 11.6 Å². The minimum Gasteiger partial charge on any atom is -0.394 e. The Morgan fingerprint density at radius 3 is 2.26 bits per heavy atom. The van der Waals surface area contributed by atoms with Gasteiger partial charge in [0.05, 0.1) is 46.1 Å². The lowest BCUT2D eigenvalue weighted by Gasteiger charge is -2.41. The molecule has 1 saturated carbocycles. The summed E-state index contributed by atoms with van der Waals surface area (Å²) in [5.74, 6) is -2.48. The second kappa shape index (κ2) is 7.92. The SMILES string of the molecule is O=[S@@]1CC(F)(F)c2nc(N3CC4CN(c5ncc(Cl)cn5)CC4C3)nc(NC3(CO)CCC3)c21. The molecule has 4 aliphatic rings. The molecule has 0 radical (unpaired) electrons. The van der Waals surface area contributed by atoms with Crippen molar-refractivity contribution < 1.29 is 18.1 Å². The van der Waals surface area contributed by atoms with Gasteiger partial charge in [0.15, 0.2) is 0 Å². The minimum atomic E-state index is -3.28. The Labute approximate surface area is 202 Å². The van der Waals surface area contributed by atoms with Crippen molar-refractivity contribution in [2.45, 2.75) is 35.6 Å². The number of alkyl halides is 2. The summed E-state index contributed by atoms with van der Waals surface area (Å²) in [6.45, 7) is 2.58. The summed E-state index contributed by atoms with van der Waals surface area (Å²) in [7, 11) is -1.90. The molecule has 182 valence electrons. The van der Waals surface area contributed by atoms with Gasteiger partial charge < -0.3 is 20.2 Å². The maximum Gasteiger partial charge on any atom is 0.302 e. The first-order valence-electron chi connectivity index (χ1n) is 11.3. The molecule has 2 unspecified atom stereocenters. The second-order valence-corrected chi connectivity index (χ2v) is 11.5. The standard InChI is InChI=1S/C21H24ClF2N7O2S/c22-14-4-25-18(26-5-14)30-6-12-8-31(9-13(12)7-30)19-27-16-15(34(33)11-21(16,23)24)17(28-19)29-20(10-32)2-1-3-20/h4-5,12-13,32H,1-3,6-11H2,(H,27,28,29)/t12?,13?,34-/m1/s1. The van der Waals surface area contributed by atoms with E-state index in [-0.39, 0.29) is 35.1 Å². The molecule has 34 heavy (non-hydrogen) atoms. The summed E-state index contributed by atoms with van der Waals surface area (Å²) in [4.78, 5) is 21.4. The molecule has 5 heterocycles. The fourth-order valence-electron chi connectivity index (χ4n) is 5.40. The van der Waals surface area contributed by atoms with Crippen LogP contribution in [0.2, 0.25) is 5.02 Å². The number of aliphatic hydroxyl groups excluding tert-OH is 1. The van der Waals surface area contributed by atoms with Crippen LogP contribution in [0.1, 0.15) is 25.0 Å². The van der Waals surface area contributed by atoms with E-state index in [1.807, 2.05) is 4.90 Å². The maximum atomic E-state index is 14.7. The monoisotopic (exact) mass is 511 g/mol. The van der Waals surface area contributed by atoms with Crippen LogP contribution in [0.25, 0.3) is 0 Å². The highest BCUT2D eigenvalue weighted by molar-refractivity contribution is 7.85. The molecule has 0 bridgehead atoms. The van der Waals surface area contributed by atoms with Gasteiger partial charge in [-0.05, 0) is 19.3 Å². The molecule has 2 N–H and O–H groups in total. The third-order valence-corrected chi connectivity index (χ3v) is 9.06. The van der Waals surface area contributed by atoms with Crippen molar-refractivity contribution in [1.29, 1.82) is 0 Å². The molecule has 0 spiro atoms. The van der Waals surface area contributed by atoms with E-state index in [0.29, 0.717) is 36.9 Å². The Balaban J connectivity index is 1.27. The van der Waals surface area contributed by atoms with Crippen molar-refractivity contribution >= 4 is 40.1 Å². The normalized spacial score (nSPS) is 28.5. The summed E-state index contributed by atoms with van der Waals surface area (Å²) >= 11 is 5.89. The fourth-order valence-corrected chi connectivity index (χ4v) is 6.83. The number of hydrogen-bond donors (Lipinski definition) is 2. The predicted molar refractivity (Wildman–Crippen MR) is 123 cm³/mol. The molecule has 2 saturated heterocycles. The predicted octanol–water partition coefficient (Wildman–Crippen LogP) is 2.03. The lowest BCUT2D eigenvalue weighted by Crippen LogP contribution is -2.48. The van der Waals surface area contributed by atoms with E-state index in [1.165, 1.54) is 0 Å². The molecule has 0 aromatic carbocycles. The van der Waals surface area contributed by atoms with Gasteiger partial charge in [0.1, 0.15) is 16.4 Å². The summed E-state index contributed by atoms with van der Waals surface area (Å²) in [5, 5.41) is 13.5. The van der Waals surface area contributed by atoms with Crippen molar-refractivity contribution in [3.05, 3.63) is 23.1 Å². The van der Waals surface area contributed by atoms with E-state index in [0.717, 1.165) is 19.5 Å². The van der Waals surface area contributed by atoms with Crippen molar-refractivity contribution in [3.63, 3.8) is 0 Å². The first-order chi connectivity index (χ1) is 16.3. The highest BCUT2D eigenvalue weighted by atomic mass is 35.5. The summed E-state index contributed by atoms with van der Waals surface area (Å²) in [6, 6.07) is 0. The zero-order valence-corrected chi connectivity index (χ0v) is 19.8. The van der Waals surface area contributed by atoms with E-state index in [1.54, 1.807) is 12.4 Å². The number of nitrogens with one attached hydrogen (secondary N) is 1. The fraction of sp³-hybridized carbons (Fsp3) is 0.619. The third-order valence-electron chi connectivity index (χ3n) is 7.40. The number of rotatable bonds is 5. The van der Waals surface area contributed by atoms with Crippen LogP contribution in [0.4, 0.5) is 26.5 Å². The lowest BCUT2D eigenvalue weighted by atomic mass is 9.77. The number of hydrogen-bond acceptors (Lipinski definition) is 9. The van der Waals surface area contributed by atoms with E-state index in [2.05, 4.69) is 30.2 Å². The highest BCUT2D eigenvalue weighted by Crippen LogP contribution is 2.45. The lowest BCUT2D eigenvalue weighted by molar-refractivity contribution is 0.0191. The molecule has 1 aliphatic carbocycles. The molecule has 6 rings (SSSR count). The molecular weight excluding hydrogens is 488 g/mol. The zero-order chi connectivity index (χ0) is 23.7. The number of halogens is 3. The Morgan fingerprint density at radius 1 is 1.09 bits per heavy atom. The van der Waals surface area contributed by atoms with E-state index < -0.39 is 33.7 Å². The molecular formula is C21H24ClF2N7O2S. The van der Waals surface area contributed by atoms with Gasteiger partial charge in [0.25, 0.3) is 0 Å². The average Bonchev–Trinajstić information content (AvgIpc) is 3.41. The minimum absolute atomic E-state index is 0.0288. The quantitative estimate of drug-likeness (QED) is 0.623. The van der Waals surface area contributed by atoms with Crippen LogP contribution in [0, 0.1) is 11.8 Å². The van der Waals surface area contributed by atoms with Crippen LogP contribution >= 0.6 is 11.6 Å². The molecule has 2 aromatic rings.